The van der Waals surface area contributed by atoms with Crippen molar-refractivity contribution in [3.8, 4) is 0 Å². The molecule has 62 heavy (non-hydrogen) atoms. The van der Waals surface area contributed by atoms with Gasteiger partial charge in [0.1, 0.15) is 6.61 Å². The van der Waals surface area contributed by atoms with Gasteiger partial charge in [-0.2, -0.15) is 0 Å². The monoisotopic (exact) mass is 855 g/mol. The summed E-state index contributed by atoms with van der Waals surface area (Å²) in [6.07, 6.45) is 6.06. The number of carbonyl (C=O) groups is 5. The van der Waals surface area contributed by atoms with Crippen molar-refractivity contribution in [3.05, 3.63) is 63.6 Å². The number of oxazole rings is 1. The molecule has 0 aliphatic carbocycles. The minimum Gasteiger partial charge on any atom is -0.464 e. The number of likely N-dealkylation sites (tertiary alicyclic amines) is 4. The summed E-state index contributed by atoms with van der Waals surface area (Å²) in [6, 6.07) is 11.4. The van der Waals surface area contributed by atoms with Crippen LogP contribution in [0.4, 0.5) is 15.3 Å². The number of rotatable bonds is 12. The number of fused-ring (bicyclic) bond motifs is 2. The summed E-state index contributed by atoms with van der Waals surface area (Å²) < 4.78 is 18.5. The summed E-state index contributed by atoms with van der Waals surface area (Å²) in [7, 11) is 1.66. The number of amides is 5. The SMILES string of the molecule is Cc1cc(C[C@@H](OC(=O)N2CCC(N3CCc4ccccc4NC3=O)CC2)C(=O)N2CCC(C3CCN(CCC(=O)OCCN4CCCC4=O)CC3)CC2)cc2oc(=O)n(C)c12. The Bertz CT molecular complexity index is 2180. The van der Waals surface area contributed by atoms with Crippen molar-refractivity contribution in [3.63, 3.8) is 0 Å². The van der Waals surface area contributed by atoms with Crippen molar-refractivity contribution in [1.82, 2.24) is 29.1 Å². The summed E-state index contributed by atoms with van der Waals surface area (Å²) >= 11 is 0. The van der Waals surface area contributed by atoms with E-state index in [1.54, 1.807) is 22.9 Å². The van der Waals surface area contributed by atoms with Gasteiger partial charge >= 0.3 is 23.8 Å². The van der Waals surface area contributed by atoms with E-state index in [-0.39, 0.29) is 42.9 Å². The average Bonchev–Trinajstić information content (AvgIpc) is 3.76. The van der Waals surface area contributed by atoms with E-state index in [2.05, 4.69) is 10.2 Å². The van der Waals surface area contributed by atoms with Gasteiger partial charge in [0.05, 0.1) is 18.5 Å². The number of esters is 1. The van der Waals surface area contributed by atoms with Crippen LogP contribution in [0.25, 0.3) is 11.1 Å². The Hall–Kier alpha value is -5.38. The topological polar surface area (TPSA) is 167 Å². The highest BCUT2D eigenvalue weighted by molar-refractivity contribution is 5.91. The molecule has 5 amide bonds. The first-order valence-electron chi connectivity index (χ1n) is 22.7. The fourth-order valence-electron chi connectivity index (χ4n) is 10.4. The number of aromatic nitrogens is 1. The zero-order valence-corrected chi connectivity index (χ0v) is 36.2. The van der Waals surface area contributed by atoms with Gasteiger partial charge in [-0.1, -0.05) is 24.3 Å². The number of nitrogens with zero attached hydrogens (tertiary/aromatic N) is 6. The lowest BCUT2D eigenvalue weighted by Gasteiger charge is -2.41. The summed E-state index contributed by atoms with van der Waals surface area (Å²) in [4.78, 5) is 87.5. The van der Waals surface area contributed by atoms with E-state index in [1.807, 2.05) is 47.1 Å². The summed E-state index contributed by atoms with van der Waals surface area (Å²) in [6.45, 7) is 8.39. The Morgan fingerprint density at radius 1 is 0.839 bits per heavy atom. The first-order chi connectivity index (χ1) is 30.0. The van der Waals surface area contributed by atoms with Gasteiger partial charge in [0.25, 0.3) is 5.91 Å². The molecule has 1 N–H and O–H groups in total. The molecule has 0 saturated carbocycles. The molecule has 4 saturated heterocycles. The van der Waals surface area contributed by atoms with E-state index in [0.717, 1.165) is 80.5 Å². The van der Waals surface area contributed by atoms with Crippen molar-refractivity contribution in [1.29, 1.82) is 0 Å². The fraction of sp³-hybridized carbons (Fsp3) is 0.609. The van der Waals surface area contributed by atoms with Gasteiger partial charge < -0.3 is 43.7 Å². The zero-order valence-electron chi connectivity index (χ0n) is 36.2. The maximum atomic E-state index is 14.4. The van der Waals surface area contributed by atoms with Gasteiger partial charge in [-0.3, -0.25) is 19.0 Å². The van der Waals surface area contributed by atoms with E-state index in [4.69, 9.17) is 13.9 Å². The maximum Gasteiger partial charge on any atom is 0.419 e. The van der Waals surface area contributed by atoms with E-state index >= 15 is 0 Å². The quantitative estimate of drug-likeness (QED) is 0.256. The predicted molar refractivity (Wildman–Crippen MR) is 230 cm³/mol. The first kappa shape index (κ1) is 43.3. The Balaban J connectivity index is 0.839. The van der Waals surface area contributed by atoms with Crippen LogP contribution in [0.15, 0.2) is 45.6 Å². The van der Waals surface area contributed by atoms with Crippen LogP contribution in [0.5, 0.6) is 0 Å². The average molecular weight is 856 g/mol. The number of hydrogen-bond donors (Lipinski definition) is 1. The lowest BCUT2D eigenvalue weighted by molar-refractivity contribution is -0.145. The fourth-order valence-corrected chi connectivity index (χ4v) is 10.4. The maximum absolute atomic E-state index is 14.4. The highest BCUT2D eigenvalue weighted by Crippen LogP contribution is 2.33. The Morgan fingerprint density at radius 3 is 2.27 bits per heavy atom. The second-order valence-electron chi connectivity index (χ2n) is 17.8. The first-order valence-corrected chi connectivity index (χ1v) is 22.7. The van der Waals surface area contributed by atoms with E-state index in [1.165, 1.54) is 4.57 Å². The van der Waals surface area contributed by atoms with Crippen LogP contribution in [-0.4, -0.2) is 143 Å². The third kappa shape index (κ3) is 9.95. The summed E-state index contributed by atoms with van der Waals surface area (Å²) in [5, 5.41) is 3.05. The van der Waals surface area contributed by atoms with Crippen LogP contribution in [0, 0.1) is 18.8 Å². The van der Waals surface area contributed by atoms with Crippen LogP contribution in [0.2, 0.25) is 0 Å². The molecule has 6 heterocycles. The van der Waals surface area contributed by atoms with Crippen molar-refractivity contribution in [2.45, 2.75) is 89.7 Å². The minimum atomic E-state index is -1.07. The number of urea groups is 1. The van der Waals surface area contributed by atoms with Crippen molar-refractivity contribution < 1.29 is 37.9 Å². The van der Waals surface area contributed by atoms with E-state index in [9.17, 15) is 28.8 Å². The normalized spacial score (nSPS) is 20.3. The molecule has 334 valence electrons. The largest absolute Gasteiger partial charge is 0.464 e. The van der Waals surface area contributed by atoms with Gasteiger partial charge in [-0.15, -0.1) is 0 Å². The second-order valence-corrected chi connectivity index (χ2v) is 17.8. The number of aryl methyl sites for hydroxylation is 2. The number of ether oxygens (including phenoxy) is 2. The third-order valence-electron chi connectivity index (χ3n) is 14.0. The molecule has 0 radical (unpaired) electrons. The minimum absolute atomic E-state index is 0.0254. The molecular weight excluding hydrogens is 795 g/mol. The standard InChI is InChI=1S/C46H61N7O9/c1-31-28-32(29-38-42(31)48(2)45(58)61-38)30-39(62-46(59)52-23-14-36(15-24-52)53-25-13-35-6-3-4-7-37(35)47-44(53)57)43(56)51-21-11-34(12-22-51)33-9-18-49(19-10-33)20-16-41(55)60-27-26-50-17-5-8-40(50)54/h3-4,6-7,28-29,33-34,36,39H,5,8-27,30H2,1-2H3,(H,47,57)/t39-/m1/s1. The predicted octanol–water partition coefficient (Wildman–Crippen LogP) is 4.55. The lowest BCUT2D eigenvalue weighted by Crippen LogP contribution is -2.52. The van der Waals surface area contributed by atoms with Gasteiger partial charge in [0, 0.05) is 77.4 Å². The Kier molecular flexibility index (Phi) is 13.5. The molecule has 0 spiro atoms. The van der Waals surface area contributed by atoms with Crippen LogP contribution >= 0.6 is 0 Å². The molecule has 0 unspecified atom stereocenters. The second kappa shape index (κ2) is 19.3. The molecule has 16 nitrogen and oxygen atoms in total. The molecule has 5 aliphatic heterocycles. The van der Waals surface area contributed by atoms with Crippen LogP contribution in [0.3, 0.4) is 0 Å². The molecule has 8 rings (SSSR count). The van der Waals surface area contributed by atoms with Gasteiger partial charge in [-0.05, 0) is 112 Å². The molecule has 4 fully saturated rings. The van der Waals surface area contributed by atoms with Gasteiger partial charge in [-0.25, -0.2) is 14.4 Å². The number of benzene rings is 2. The number of anilines is 1. The molecule has 0 bridgehead atoms. The lowest BCUT2D eigenvalue weighted by atomic mass is 9.78. The Morgan fingerprint density at radius 2 is 1.55 bits per heavy atom. The highest BCUT2D eigenvalue weighted by atomic mass is 16.6. The van der Waals surface area contributed by atoms with Crippen molar-refractivity contribution in [2.24, 2.45) is 18.9 Å². The highest BCUT2D eigenvalue weighted by Gasteiger charge is 2.37. The van der Waals surface area contributed by atoms with Crippen molar-refractivity contribution in [2.75, 3.05) is 77.4 Å². The molecule has 3 aromatic rings. The molecule has 1 aromatic heterocycles. The van der Waals surface area contributed by atoms with Gasteiger partial charge in [0.2, 0.25) is 5.91 Å². The van der Waals surface area contributed by atoms with Crippen LogP contribution in [-0.2, 0) is 43.7 Å². The molecule has 16 heteroatoms. The number of nitrogens with one attached hydrogen (secondary N) is 1. The van der Waals surface area contributed by atoms with E-state index < -0.39 is 18.0 Å². The number of carbonyl (C=O) groups excluding carboxylic acids is 5. The number of para-hydroxylation sites is 1. The van der Waals surface area contributed by atoms with Crippen LogP contribution < -0.4 is 11.1 Å². The number of hydrogen-bond acceptors (Lipinski definition) is 10. The zero-order chi connectivity index (χ0) is 43.3. The third-order valence-corrected chi connectivity index (χ3v) is 14.0. The molecule has 5 aliphatic rings. The van der Waals surface area contributed by atoms with Gasteiger partial charge in [0.15, 0.2) is 11.7 Å². The van der Waals surface area contributed by atoms with Crippen LogP contribution in [0.1, 0.15) is 74.5 Å². The molecular formula is C46H61N7O9. The summed E-state index contributed by atoms with van der Waals surface area (Å²) in [5.41, 5.74) is 4.60. The number of piperidine rings is 3. The van der Waals surface area contributed by atoms with E-state index in [0.29, 0.717) is 94.4 Å². The molecule has 2 aromatic carbocycles. The Labute approximate surface area is 362 Å². The molecule has 1 atom stereocenters. The summed E-state index contributed by atoms with van der Waals surface area (Å²) in [5.74, 6) is 0.228. The smallest absolute Gasteiger partial charge is 0.419 e. The van der Waals surface area contributed by atoms with Crippen molar-refractivity contribution >= 4 is 46.7 Å².